The smallest absolute Gasteiger partial charge is 0.328 e. The van der Waals surface area contributed by atoms with Crippen LogP contribution in [0.2, 0.25) is 0 Å². The summed E-state index contributed by atoms with van der Waals surface area (Å²) >= 11 is 0. The molecule has 3 nitrogen and oxygen atoms in total. The molecule has 0 aliphatic heterocycles. The predicted octanol–water partition coefficient (Wildman–Crippen LogP) is 3.37. The van der Waals surface area contributed by atoms with Crippen LogP contribution in [0.3, 0.4) is 0 Å². The van der Waals surface area contributed by atoms with E-state index in [9.17, 15) is 9.90 Å². The number of aliphatic carboxylic acids is 1. The Bertz CT molecular complexity index is 669. The van der Waals surface area contributed by atoms with Crippen LogP contribution in [0.25, 0.3) is 16.8 Å². The molecule has 0 aliphatic rings. The van der Waals surface area contributed by atoms with E-state index in [1.54, 1.807) is 18.2 Å². The number of phenolic OH excluding ortho intramolecular Hbond substituents is 1. The number of carboxylic acids is 1. The Balaban J connectivity index is 2.53. The Morgan fingerprint density at radius 1 is 1.26 bits per heavy atom. The van der Waals surface area contributed by atoms with E-state index in [4.69, 9.17) is 5.11 Å². The lowest BCUT2D eigenvalue weighted by Gasteiger charge is -2.08. The zero-order chi connectivity index (χ0) is 13.8. The number of fused-ring (bicyclic) bond motifs is 1. The second-order valence-corrected chi connectivity index (χ2v) is 4.21. The molecule has 96 valence electrons. The van der Waals surface area contributed by atoms with E-state index in [1.165, 1.54) is 0 Å². The molecule has 2 aromatic carbocycles. The maximum Gasteiger partial charge on any atom is 0.328 e. The minimum Gasteiger partial charge on any atom is -0.508 e. The zero-order valence-electron chi connectivity index (χ0n) is 10.3. The number of rotatable bonds is 4. The topological polar surface area (TPSA) is 57.5 Å². The first-order chi connectivity index (χ1) is 9.11. The van der Waals surface area contributed by atoms with Gasteiger partial charge < -0.3 is 10.2 Å². The summed E-state index contributed by atoms with van der Waals surface area (Å²) in [5.74, 6) is -0.723. The number of phenols is 1. The van der Waals surface area contributed by atoms with E-state index >= 15 is 0 Å². The molecule has 0 saturated heterocycles. The minimum absolute atomic E-state index is 0.251. The summed E-state index contributed by atoms with van der Waals surface area (Å²) in [6, 6.07) is 9.06. The van der Waals surface area contributed by atoms with Crippen LogP contribution in [0, 0.1) is 0 Å². The highest BCUT2D eigenvalue weighted by Crippen LogP contribution is 2.28. The van der Waals surface area contributed by atoms with Gasteiger partial charge in [0.2, 0.25) is 0 Å². The van der Waals surface area contributed by atoms with Gasteiger partial charge in [0.15, 0.2) is 0 Å². The van der Waals surface area contributed by atoms with Crippen molar-refractivity contribution in [1.82, 2.24) is 0 Å². The monoisotopic (exact) mass is 254 g/mol. The van der Waals surface area contributed by atoms with Gasteiger partial charge in [0.05, 0.1) is 0 Å². The summed E-state index contributed by atoms with van der Waals surface area (Å²) in [7, 11) is 0. The van der Waals surface area contributed by atoms with Crippen molar-refractivity contribution < 1.29 is 15.0 Å². The number of allylic oxidation sites excluding steroid dienone is 1. The van der Waals surface area contributed by atoms with Crippen molar-refractivity contribution in [1.29, 1.82) is 0 Å². The highest BCUT2D eigenvalue weighted by molar-refractivity contribution is 5.91. The standard InChI is InChI=1S/C16H14O3/c1-2-3-14-13-7-4-11(5-9-16(18)19)10-12(13)6-8-15(14)17/h2,4-10,17H,1,3H2,(H,18,19). The Labute approximate surface area is 111 Å². The fourth-order valence-corrected chi connectivity index (χ4v) is 2.03. The second kappa shape index (κ2) is 5.40. The van der Waals surface area contributed by atoms with Gasteiger partial charge in [-0.1, -0.05) is 24.3 Å². The molecular weight excluding hydrogens is 240 g/mol. The third-order valence-electron chi connectivity index (χ3n) is 2.90. The van der Waals surface area contributed by atoms with Gasteiger partial charge in [-0.05, 0) is 41.0 Å². The number of aromatic hydroxyl groups is 1. The third-order valence-corrected chi connectivity index (χ3v) is 2.90. The SMILES string of the molecule is C=CCc1c(O)ccc2cc(C=CC(=O)O)ccc12. The van der Waals surface area contributed by atoms with Crippen LogP contribution >= 0.6 is 0 Å². The van der Waals surface area contributed by atoms with Crippen molar-refractivity contribution in [2.24, 2.45) is 0 Å². The second-order valence-electron chi connectivity index (χ2n) is 4.21. The Morgan fingerprint density at radius 2 is 2.05 bits per heavy atom. The van der Waals surface area contributed by atoms with Gasteiger partial charge in [0.1, 0.15) is 5.75 Å². The predicted molar refractivity (Wildman–Crippen MR) is 76.2 cm³/mol. The van der Waals surface area contributed by atoms with Gasteiger partial charge in [0.25, 0.3) is 0 Å². The molecule has 0 aliphatic carbocycles. The maximum atomic E-state index is 10.5. The van der Waals surface area contributed by atoms with E-state index < -0.39 is 5.97 Å². The minimum atomic E-state index is -0.974. The van der Waals surface area contributed by atoms with E-state index in [-0.39, 0.29) is 5.75 Å². The van der Waals surface area contributed by atoms with Crippen molar-refractivity contribution >= 4 is 22.8 Å². The van der Waals surface area contributed by atoms with E-state index in [2.05, 4.69) is 6.58 Å². The molecule has 0 aromatic heterocycles. The average Bonchev–Trinajstić information content (AvgIpc) is 2.39. The Morgan fingerprint density at radius 3 is 2.74 bits per heavy atom. The molecule has 0 unspecified atom stereocenters. The Hall–Kier alpha value is -2.55. The fraction of sp³-hybridized carbons (Fsp3) is 0.0625. The summed E-state index contributed by atoms with van der Waals surface area (Å²) in [5, 5.41) is 20.4. The van der Waals surface area contributed by atoms with Crippen molar-refractivity contribution in [3.05, 3.63) is 60.2 Å². The molecule has 0 fully saturated rings. The van der Waals surface area contributed by atoms with Crippen molar-refractivity contribution in [2.45, 2.75) is 6.42 Å². The summed E-state index contributed by atoms with van der Waals surface area (Å²) < 4.78 is 0. The first-order valence-electron chi connectivity index (χ1n) is 5.88. The van der Waals surface area contributed by atoms with Crippen molar-refractivity contribution in [3.8, 4) is 5.75 Å². The molecule has 3 heteroatoms. The number of hydrogen-bond acceptors (Lipinski definition) is 2. The van der Waals surface area contributed by atoms with Gasteiger partial charge in [0, 0.05) is 11.6 Å². The largest absolute Gasteiger partial charge is 0.508 e. The molecule has 2 rings (SSSR count). The van der Waals surface area contributed by atoms with Crippen LogP contribution in [-0.4, -0.2) is 16.2 Å². The molecule has 19 heavy (non-hydrogen) atoms. The van der Waals surface area contributed by atoms with E-state index in [0.717, 1.165) is 28.0 Å². The Kier molecular flexibility index (Phi) is 3.66. The number of carboxylic acid groups (broad SMARTS) is 1. The van der Waals surface area contributed by atoms with Crippen molar-refractivity contribution in [2.75, 3.05) is 0 Å². The van der Waals surface area contributed by atoms with Crippen LogP contribution in [0.4, 0.5) is 0 Å². The lowest BCUT2D eigenvalue weighted by molar-refractivity contribution is -0.131. The lowest BCUT2D eigenvalue weighted by atomic mass is 9.99. The number of benzene rings is 2. The first kappa shape index (κ1) is 12.9. The van der Waals surface area contributed by atoms with Crippen LogP contribution < -0.4 is 0 Å². The van der Waals surface area contributed by atoms with Gasteiger partial charge in [-0.15, -0.1) is 6.58 Å². The first-order valence-corrected chi connectivity index (χ1v) is 5.88. The van der Waals surface area contributed by atoms with Gasteiger partial charge in [-0.3, -0.25) is 0 Å². The van der Waals surface area contributed by atoms with Crippen LogP contribution in [0.5, 0.6) is 5.75 Å². The average molecular weight is 254 g/mol. The molecule has 0 spiro atoms. The summed E-state index contributed by atoms with van der Waals surface area (Å²) in [6.45, 7) is 3.68. The molecular formula is C16H14O3. The fourth-order valence-electron chi connectivity index (χ4n) is 2.03. The normalized spacial score (nSPS) is 10.9. The maximum absolute atomic E-state index is 10.5. The summed E-state index contributed by atoms with van der Waals surface area (Å²) in [6.07, 6.45) is 4.98. The van der Waals surface area contributed by atoms with Crippen LogP contribution in [0.15, 0.2) is 49.1 Å². The molecule has 2 aromatic rings. The number of hydrogen-bond donors (Lipinski definition) is 2. The quantitative estimate of drug-likeness (QED) is 0.649. The molecule has 0 amide bonds. The van der Waals surface area contributed by atoms with Gasteiger partial charge >= 0.3 is 5.97 Å². The van der Waals surface area contributed by atoms with Crippen molar-refractivity contribution in [3.63, 3.8) is 0 Å². The van der Waals surface area contributed by atoms with Crippen LogP contribution in [0.1, 0.15) is 11.1 Å². The molecule has 0 saturated carbocycles. The highest BCUT2D eigenvalue weighted by Gasteiger charge is 2.05. The van der Waals surface area contributed by atoms with E-state index in [1.807, 2.05) is 24.3 Å². The summed E-state index contributed by atoms with van der Waals surface area (Å²) in [4.78, 5) is 10.5. The van der Waals surface area contributed by atoms with Gasteiger partial charge in [-0.2, -0.15) is 0 Å². The summed E-state index contributed by atoms with van der Waals surface area (Å²) in [5.41, 5.74) is 1.64. The highest BCUT2D eigenvalue weighted by atomic mass is 16.4. The lowest BCUT2D eigenvalue weighted by Crippen LogP contribution is -1.88. The molecule has 0 bridgehead atoms. The molecule has 2 N–H and O–H groups in total. The van der Waals surface area contributed by atoms with E-state index in [0.29, 0.717) is 6.42 Å². The van der Waals surface area contributed by atoms with Crippen LogP contribution in [-0.2, 0) is 11.2 Å². The third kappa shape index (κ3) is 2.83. The number of carbonyl (C=O) groups is 1. The molecule has 0 radical (unpaired) electrons. The molecule has 0 atom stereocenters. The zero-order valence-corrected chi connectivity index (χ0v) is 10.3. The molecule has 0 heterocycles. The van der Waals surface area contributed by atoms with Gasteiger partial charge in [-0.25, -0.2) is 4.79 Å².